The molecule has 1 fully saturated rings. The molecule has 0 nitrogen and oxygen atoms in total. The first-order valence-electron chi connectivity index (χ1n) is 4.46. The Labute approximate surface area is 50.1 Å². The molecule has 0 amide bonds. The summed E-state index contributed by atoms with van der Waals surface area (Å²) in [5.74, 6) is 0. The summed E-state index contributed by atoms with van der Waals surface area (Å²) in [7, 11) is 0. The summed E-state index contributed by atoms with van der Waals surface area (Å²) >= 11 is 0. The Hall–Kier alpha value is 0. The zero-order valence-electron chi connectivity index (χ0n) is 7.83. The predicted molar refractivity (Wildman–Crippen MR) is 32.2 cm³/mol. The number of hydrogen-bond acceptors (Lipinski definition) is 0. The largest absolute Gasteiger partial charge is 0.0599 e. The van der Waals surface area contributed by atoms with Gasteiger partial charge in [0.25, 0.3) is 0 Å². The minimum Gasteiger partial charge on any atom is -0.0599 e. The summed E-state index contributed by atoms with van der Waals surface area (Å²) < 4.78 is 21.8. The van der Waals surface area contributed by atoms with E-state index >= 15 is 0 Å². The summed E-state index contributed by atoms with van der Waals surface area (Å²) in [4.78, 5) is 0. The van der Waals surface area contributed by atoms with Gasteiger partial charge >= 0.3 is 0 Å². The molecule has 1 saturated carbocycles. The second kappa shape index (κ2) is 1.50. The van der Waals surface area contributed by atoms with Crippen molar-refractivity contribution in [2.45, 2.75) is 39.5 Å². The molecule has 0 N–H and O–H groups in total. The van der Waals surface area contributed by atoms with Crippen LogP contribution in [0, 0.1) is 5.41 Å². The highest BCUT2D eigenvalue weighted by Crippen LogP contribution is 2.36. The minimum atomic E-state index is -1.73. The van der Waals surface area contributed by atoms with E-state index in [1.165, 1.54) is 0 Å². The molecule has 7 heavy (non-hydrogen) atoms. The Morgan fingerprint density at radius 3 is 2.29 bits per heavy atom. The summed E-state index contributed by atoms with van der Waals surface area (Å²) in [5.41, 5.74) is -0.368. The fourth-order valence-corrected chi connectivity index (χ4v) is 1.16. The number of rotatable bonds is 0. The average molecular weight is 101 g/mol. The summed E-state index contributed by atoms with van der Waals surface area (Å²) in [6.45, 7) is 0.149. The Morgan fingerprint density at radius 1 is 1.43 bits per heavy atom. The van der Waals surface area contributed by atoms with Crippen molar-refractivity contribution in [1.29, 1.82) is 0 Å². The quantitative estimate of drug-likeness (QED) is 0.440. The molecule has 1 rings (SSSR count). The maximum absolute atomic E-state index is 7.26. The Balaban J connectivity index is 2.67. The lowest BCUT2D eigenvalue weighted by Gasteiger charge is -2.13. The normalized spacial score (nSPS) is 36.4. The molecule has 0 heteroatoms. The van der Waals surface area contributed by atoms with E-state index in [4.69, 9.17) is 4.11 Å². The van der Waals surface area contributed by atoms with Crippen LogP contribution >= 0.6 is 0 Å². The van der Waals surface area contributed by atoms with Crippen LogP contribution < -0.4 is 0 Å². The van der Waals surface area contributed by atoms with Gasteiger partial charge in [-0.15, -0.1) is 0 Å². The van der Waals surface area contributed by atoms with Crippen LogP contribution in [0.25, 0.3) is 0 Å². The Morgan fingerprint density at radius 2 is 2.00 bits per heavy atom. The van der Waals surface area contributed by atoms with Crippen molar-refractivity contribution in [1.82, 2.24) is 0 Å². The maximum atomic E-state index is 7.26. The van der Waals surface area contributed by atoms with E-state index in [0.717, 1.165) is 25.7 Å². The second-order valence-electron chi connectivity index (χ2n) is 2.77. The van der Waals surface area contributed by atoms with Crippen LogP contribution in [0.15, 0.2) is 0 Å². The Kier molecular flexibility index (Phi) is 0.540. The van der Waals surface area contributed by atoms with Crippen molar-refractivity contribution in [3.63, 3.8) is 0 Å². The van der Waals surface area contributed by atoms with Crippen LogP contribution in [-0.4, -0.2) is 0 Å². The van der Waals surface area contributed by atoms with Crippen LogP contribution in [-0.2, 0) is 0 Å². The third-order valence-corrected chi connectivity index (χ3v) is 1.71. The van der Waals surface area contributed by atoms with Gasteiger partial charge in [-0.05, 0) is 18.3 Å². The number of hydrogen-bond donors (Lipinski definition) is 0. The van der Waals surface area contributed by atoms with Gasteiger partial charge in [-0.1, -0.05) is 26.6 Å². The molecule has 0 saturated heterocycles. The first-order chi connectivity index (χ1) is 4.46. The fourth-order valence-electron chi connectivity index (χ4n) is 1.16. The van der Waals surface area contributed by atoms with E-state index in [1.54, 1.807) is 0 Å². The first kappa shape index (κ1) is 2.52. The van der Waals surface area contributed by atoms with E-state index in [-0.39, 0.29) is 5.41 Å². The van der Waals surface area contributed by atoms with Crippen molar-refractivity contribution in [3.8, 4) is 0 Å². The zero-order chi connectivity index (χ0) is 7.83. The third-order valence-electron chi connectivity index (χ3n) is 1.71. The molecular formula is C7H14. The van der Waals surface area contributed by atoms with E-state index in [1.807, 2.05) is 6.92 Å². The fraction of sp³-hybridized carbons (Fsp3) is 1.00. The molecule has 0 aromatic carbocycles. The summed E-state index contributed by atoms with van der Waals surface area (Å²) in [6, 6.07) is 0. The van der Waals surface area contributed by atoms with Crippen LogP contribution in [0.4, 0.5) is 0 Å². The lowest BCUT2D eigenvalue weighted by molar-refractivity contribution is 0.382. The van der Waals surface area contributed by atoms with Crippen molar-refractivity contribution >= 4 is 0 Å². The molecule has 0 aromatic heterocycles. The predicted octanol–water partition coefficient (Wildman–Crippen LogP) is 2.59. The van der Waals surface area contributed by atoms with Crippen molar-refractivity contribution < 1.29 is 4.11 Å². The van der Waals surface area contributed by atoms with Crippen LogP contribution in [0.2, 0.25) is 0 Å². The van der Waals surface area contributed by atoms with Gasteiger partial charge in [0.2, 0.25) is 0 Å². The topological polar surface area (TPSA) is 0 Å². The molecule has 1 aliphatic rings. The minimum absolute atomic E-state index is 0.368. The maximum Gasteiger partial charge on any atom is 0.0236 e. The second-order valence-corrected chi connectivity index (χ2v) is 2.77. The van der Waals surface area contributed by atoms with Gasteiger partial charge in [0, 0.05) is 4.11 Å². The van der Waals surface area contributed by atoms with Gasteiger partial charge in [0.05, 0.1) is 0 Å². The SMILES string of the molecule is [2H]C([2H])([2H])C1(C)CCCC1. The Bertz CT molecular complexity index is 119. The molecule has 0 unspecified atom stereocenters. The van der Waals surface area contributed by atoms with Gasteiger partial charge in [0.15, 0.2) is 0 Å². The molecule has 1 aliphatic carbocycles. The van der Waals surface area contributed by atoms with E-state index < -0.39 is 6.85 Å². The molecule has 0 radical (unpaired) electrons. The van der Waals surface area contributed by atoms with Crippen molar-refractivity contribution in [2.75, 3.05) is 0 Å². The average Bonchev–Trinajstić information content (AvgIpc) is 2.13. The lowest BCUT2D eigenvalue weighted by atomic mass is 9.92. The summed E-state index contributed by atoms with van der Waals surface area (Å²) in [6.07, 6.45) is 3.94. The molecule has 0 aliphatic heterocycles. The highest BCUT2D eigenvalue weighted by molar-refractivity contribution is 4.74. The molecule has 0 bridgehead atoms. The van der Waals surface area contributed by atoms with Crippen LogP contribution in [0.5, 0.6) is 0 Å². The van der Waals surface area contributed by atoms with Gasteiger partial charge in [-0.25, -0.2) is 0 Å². The molecule has 0 aromatic rings. The monoisotopic (exact) mass is 101 g/mol. The van der Waals surface area contributed by atoms with Crippen molar-refractivity contribution in [3.05, 3.63) is 0 Å². The van der Waals surface area contributed by atoms with E-state index in [9.17, 15) is 0 Å². The molecule has 0 heterocycles. The van der Waals surface area contributed by atoms with Crippen LogP contribution in [0.3, 0.4) is 0 Å². The molecular weight excluding hydrogens is 84.1 g/mol. The molecule has 0 spiro atoms. The zero-order valence-corrected chi connectivity index (χ0v) is 4.83. The van der Waals surface area contributed by atoms with E-state index in [2.05, 4.69) is 0 Å². The van der Waals surface area contributed by atoms with E-state index in [0.29, 0.717) is 0 Å². The van der Waals surface area contributed by atoms with Gasteiger partial charge in [-0.3, -0.25) is 0 Å². The molecule has 0 atom stereocenters. The molecule has 42 valence electrons. The van der Waals surface area contributed by atoms with Gasteiger partial charge in [0.1, 0.15) is 0 Å². The van der Waals surface area contributed by atoms with Crippen molar-refractivity contribution in [2.24, 2.45) is 5.41 Å². The first-order valence-corrected chi connectivity index (χ1v) is 2.96. The summed E-state index contributed by atoms with van der Waals surface area (Å²) in [5, 5.41) is 0. The lowest BCUT2D eigenvalue weighted by Crippen LogP contribution is -2.01. The van der Waals surface area contributed by atoms with Gasteiger partial charge in [-0.2, -0.15) is 0 Å². The standard InChI is InChI=1S/C7H14/c1-7(2)5-3-4-6-7/h3-6H2,1-2H3/i1D3. The van der Waals surface area contributed by atoms with Gasteiger partial charge < -0.3 is 0 Å². The smallest absolute Gasteiger partial charge is 0.0236 e. The highest BCUT2D eigenvalue weighted by atomic mass is 14.3. The van der Waals surface area contributed by atoms with Crippen LogP contribution in [0.1, 0.15) is 43.6 Å². The third kappa shape index (κ3) is 1.19. The highest BCUT2D eigenvalue weighted by Gasteiger charge is 2.21.